The van der Waals surface area contributed by atoms with Gasteiger partial charge in [-0.1, -0.05) is 40.4 Å². The van der Waals surface area contributed by atoms with Gasteiger partial charge in [0.05, 0.1) is 16.0 Å². The normalized spacial score (nSPS) is 17.3. The van der Waals surface area contributed by atoms with Crippen LogP contribution in [0.2, 0.25) is 5.02 Å². The van der Waals surface area contributed by atoms with E-state index in [9.17, 15) is 8.42 Å². The van der Waals surface area contributed by atoms with Gasteiger partial charge < -0.3 is 0 Å². The Balaban J connectivity index is 2.22. The summed E-state index contributed by atoms with van der Waals surface area (Å²) in [6, 6.07) is 5.11. The third kappa shape index (κ3) is 3.14. The molecule has 0 spiro atoms. The lowest BCUT2D eigenvalue weighted by Crippen LogP contribution is -2.25. The zero-order valence-corrected chi connectivity index (χ0v) is 12.3. The van der Waals surface area contributed by atoms with Crippen LogP contribution in [0.3, 0.4) is 0 Å². The summed E-state index contributed by atoms with van der Waals surface area (Å²) in [6.45, 7) is 0. The molecule has 0 aliphatic heterocycles. The van der Waals surface area contributed by atoms with Crippen LogP contribution < -0.4 is 4.72 Å². The maximum Gasteiger partial charge on any atom is 0.235 e. The van der Waals surface area contributed by atoms with Gasteiger partial charge in [0, 0.05) is 4.47 Å². The number of hydrogen-bond donors (Lipinski definition) is 1. The average Bonchev–Trinajstić information content (AvgIpc) is 2.77. The molecule has 0 bridgehead atoms. The number of hydrogen-bond acceptors (Lipinski definition) is 2. The summed E-state index contributed by atoms with van der Waals surface area (Å²) in [5, 5.41) is 0.132. The van der Waals surface area contributed by atoms with E-state index < -0.39 is 10.0 Å². The molecule has 1 aromatic carbocycles. The van der Waals surface area contributed by atoms with Gasteiger partial charge in [0.2, 0.25) is 10.0 Å². The van der Waals surface area contributed by atoms with Crippen molar-refractivity contribution in [3.63, 3.8) is 0 Å². The van der Waals surface area contributed by atoms with Crippen LogP contribution in [-0.4, -0.2) is 13.7 Å². The van der Waals surface area contributed by atoms with Crippen molar-refractivity contribution < 1.29 is 8.42 Å². The smallest absolute Gasteiger partial charge is 0.235 e. The second kappa shape index (κ2) is 5.16. The minimum atomic E-state index is -3.31. The Bertz CT molecular complexity index is 512. The van der Waals surface area contributed by atoms with Crippen molar-refractivity contribution in [2.24, 2.45) is 0 Å². The Morgan fingerprint density at radius 1 is 1.29 bits per heavy atom. The molecule has 0 saturated heterocycles. The van der Waals surface area contributed by atoms with Gasteiger partial charge in [-0.2, -0.15) is 0 Å². The first kappa shape index (κ1) is 13.2. The number of halogens is 2. The second-order valence-corrected chi connectivity index (χ2v) is 7.46. The lowest BCUT2D eigenvalue weighted by molar-refractivity contribution is 0.585. The van der Waals surface area contributed by atoms with E-state index >= 15 is 0 Å². The zero-order valence-electron chi connectivity index (χ0n) is 9.12. The first-order chi connectivity index (χ1) is 7.99. The maximum atomic E-state index is 12.1. The monoisotopic (exact) mass is 337 g/mol. The highest BCUT2D eigenvalue weighted by molar-refractivity contribution is 9.10. The average molecular weight is 339 g/mol. The second-order valence-electron chi connectivity index (χ2n) is 4.18. The summed E-state index contributed by atoms with van der Waals surface area (Å²) in [7, 11) is -3.31. The van der Waals surface area contributed by atoms with Crippen molar-refractivity contribution in [1.82, 2.24) is 0 Å². The molecule has 0 atom stereocenters. The van der Waals surface area contributed by atoms with Crippen LogP contribution in [0, 0.1) is 0 Å². The van der Waals surface area contributed by atoms with E-state index in [-0.39, 0.29) is 5.25 Å². The fourth-order valence-electron chi connectivity index (χ4n) is 2.01. The van der Waals surface area contributed by atoms with Crippen LogP contribution in [-0.2, 0) is 10.0 Å². The highest BCUT2D eigenvalue weighted by Gasteiger charge is 2.29. The SMILES string of the molecule is O=S(=O)(Nc1cc(Br)ccc1Cl)C1CCCC1. The summed E-state index contributed by atoms with van der Waals surface area (Å²) >= 11 is 9.26. The van der Waals surface area contributed by atoms with Gasteiger partial charge in [-0.3, -0.25) is 4.72 Å². The van der Waals surface area contributed by atoms with Crippen molar-refractivity contribution in [2.75, 3.05) is 4.72 Å². The Hall–Kier alpha value is -0.260. The number of rotatable bonds is 3. The standard InChI is InChI=1S/C11H13BrClNO2S/c12-8-5-6-10(13)11(7-8)14-17(15,16)9-3-1-2-4-9/h5-7,9,14H,1-4H2. The lowest BCUT2D eigenvalue weighted by Gasteiger charge is -2.14. The van der Waals surface area contributed by atoms with E-state index in [2.05, 4.69) is 20.7 Å². The first-order valence-corrected chi connectivity index (χ1v) is 8.17. The third-order valence-corrected chi connectivity index (χ3v) is 5.60. The quantitative estimate of drug-likeness (QED) is 0.911. The predicted octanol–water partition coefficient (Wildman–Crippen LogP) is 3.79. The minimum absolute atomic E-state index is 0.280. The van der Waals surface area contributed by atoms with Gasteiger partial charge in [-0.25, -0.2) is 8.42 Å². The summed E-state index contributed by atoms with van der Waals surface area (Å²) in [6.07, 6.45) is 3.44. The van der Waals surface area contributed by atoms with Crippen LogP contribution in [0.4, 0.5) is 5.69 Å². The number of sulfonamides is 1. The molecule has 1 aliphatic carbocycles. The molecule has 1 N–H and O–H groups in total. The van der Waals surface area contributed by atoms with Gasteiger partial charge in [-0.05, 0) is 31.0 Å². The van der Waals surface area contributed by atoms with Crippen molar-refractivity contribution >= 4 is 43.2 Å². The lowest BCUT2D eigenvalue weighted by atomic mass is 10.3. The van der Waals surface area contributed by atoms with Crippen molar-refractivity contribution in [2.45, 2.75) is 30.9 Å². The fourth-order valence-corrected chi connectivity index (χ4v) is 4.19. The van der Waals surface area contributed by atoms with Crippen molar-refractivity contribution in [3.8, 4) is 0 Å². The van der Waals surface area contributed by atoms with Crippen LogP contribution >= 0.6 is 27.5 Å². The zero-order chi connectivity index (χ0) is 12.5. The van der Waals surface area contributed by atoms with Gasteiger partial charge in [0.1, 0.15) is 0 Å². The molecule has 0 unspecified atom stereocenters. The maximum absolute atomic E-state index is 12.1. The van der Waals surface area contributed by atoms with Gasteiger partial charge in [0.25, 0.3) is 0 Å². The molecule has 6 heteroatoms. The van der Waals surface area contributed by atoms with Crippen molar-refractivity contribution in [1.29, 1.82) is 0 Å². The van der Waals surface area contributed by atoms with Crippen molar-refractivity contribution in [3.05, 3.63) is 27.7 Å². The topological polar surface area (TPSA) is 46.2 Å². The molecular weight excluding hydrogens is 326 g/mol. The number of benzene rings is 1. The molecule has 0 radical (unpaired) electrons. The summed E-state index contributed by atoms with van der Waals surface area (Å²) in [5.41, 5.74) is 0.438. The minimum Gasteiger partial charge on any atom is -0.282 e. The molecule has 1 fully saturated rings. The summed E-state index contributed by atoms with van der Waals surface area (Å²) in [4.78, 5) is 0. The molecule has 0 amide bonds. The molecule has 1 aliphatic rings. The van der Waals surface area contributed by atoms with Crippen LogP contribution in [0.25, 0.3) is 0 Å². The van der Waals surface area contributed by atoms with E-state index in [1.165, 1.54) is 0 Å². The fraction of sp³-hybridized carbons (Fsp3) is 0.455. The summed E-state index contributed by atoms with van der Waals surface area (Å²) < 4.78 is 27.5. The molecule has 0 aromatic heterocycles. The molecule has 3 nitrogen and oxygen atoms in total. The van der Waals surface area contributed by atoms with E-state index in [1.807, 2.05) is 0 Å². The molecule has 94 valence electrons. The van der Waals surface area contributed by atoms with Crippen LogP contribution in [0.15, 0.2) is 22.7 Å². The molecule has 2 rings (SSSR count). The molecule has 0 heterocycles. The predicted molar refractivity (Wildman–Crippen MR) is 74.0 cm³/mol. The third-order valence-electron chi connectivity index (χ3n) is 2.92. The Morgan fingerprint density at radius 3 is 2.59 bits per heavy atom. The highest BCUT2D eigenvalue weighted by atomic mass is 79.9. The molecular formula is C11H13BrClNO2S. The van der Waals surface area contributed by atoms with Gasteiger partial charge in [0.15, 0.2) is 0 Å². The number of nitrogens with one attached hydrogen (secondary N) is 1. The highest BCUT2D eigenvalue weighted by Crippen LogP contribution is 2.30. The van der Waals surface area contributed by atoms with Crippen LogP contribution in [0.1, 0.15) is 25.7 Å². The first-order valence-electron chi connectivity index (χ1n) is 5.46. The van der Waals surface area contributed by atoms with E-state index in [0.29, 0.717) is 10.7 Å². The molecule has 1 saturated carbocycles. The van der Waals surface area contributed by atoms with Crippen LogP contribution in [0.5, 0.6) is 0 Å². The Kier molecular flexibility index (Phi) is 4.00. The van der Waals surface area contributed by atoms with Gasteiger partial charge in [-0.15, -0.1) is 0 Å². The van der Waals surface area contributed by atoms with Gasteiger partial charge >= 0.3 is 0 Å². The molecule has 1 aromatic rings. The summed E-state index contributed by atoms with van der Waals surface area (Å²) in [5.74, 6) is 0. The largest absolute Gasteiger partial charge is 0.282 e. The molecule has 17 heavy (non-hydrogen) atoms. The Morgan fingerprint density at radius 2 is 1.94 bits per heavy atom. The van der Waals surface area contributed by atoms with E-state index in [1.54, 1.807) is 18.2 Å². The van der Waals surface area contributed by atoms with E-state index in [4.69, 9.17) is 11.6 Å². The number of anilines is 1. The van der Waals surface area contributed by atoms with E-state index in [0.717, 1.165) is 30.2 Å². The Labute approximate surface area is 115 Å².